The van der Waals surface area contributed by atoms with Crippen LogP contribution in [0.3, 0.4) is 0 Å². The average molecular weight is 380 g/mol. The first kappa shape index (κ1) is 18.4. The van der Waals surface area contributed by atoms with Crippen LogP contribution in [0, 0.1) is 5.92 Å². The Labute approximate surface area is 163 Å². The molecule has 0 radical (unpaired) electrons. The van der Waals surface area contributed by atoms with Crippen molar-refractivity contribution in [3.8, 4) is 0 Å². The van der Waals surface area contributed by atoms with Crippen molar-refractivity contribution in [3.63, 3.8) is 0 Å². The number of aliphatic hydroxyl groups excluding tert-OH is 1. The fraction of sp³-hybridized carbons (Fsp3) is 0.400. The Bertz CT molecular complexity index is 929. The van der Waals surface area contributed by atoms with Crippen molar-refractivity contribution >= 4 is 22.9 Å². The van der Waals surface area contributed by atoms with Crippen molar-refractivity contribution in [2.45, 2.75) is 25.3 Å². The fourth-order valence-corrected chi connectivity index (χ4v) is 3.75. The lowest BCUT2D eigenvalue weighted by atomic mass is 9.96. The molecule has 0 saturated carbocycles. The second-order valence-electron chi connectivity index (χ2n) is 7.16. The number of aromatic nitrogens is 4. The normalized spacial score (nSPS) is 18.2. The molecule has 0 bridgehead atoms. The van der Waals surface area contributed by atoms with Crippen LogP contribution in [0.1, 0.15) is 18.4 Å². The number of nitrogens with one attached hydrogen (secondary N) is 2. The first-order valence-electron chi connectivity index (χ1n) is 9.59. The van der Waals surface area contributed by atoms with Gasteiger partial charge in [0.1, 0.15) is 11.8 Å². The van der Waals surface area contributed by atoms with Crippen LogP contribution in [0.5, 0.6) is 0 Å². The number of rotatable bonds is 6. The van der Waals surface area contributed by atoms with E-state index in [-0.39, 0.29) is 24.5 Å². The van der Waals surface area contributed by atoms with Crippen molar-refractivity contribution in [2.24, 2.45) is 5.92 Å². The minimum atomic E-state index is -0.288. The van der Waals surface area contributed by atoms with E-state index in [1.54, 1.807) is 6.33 Å². The largest absolute Gasteiger partial charge is 0.394 e. The summed E-state index contributed by atoms with van der Waals surface area (Å²) in [5.74, 6) is 0.615. The Hall–Kier alpha value is -3.00. The topological polar surface area (TPSA) is 107 Å². The summed E-state index contributed by atoms with van der Waals surface area (Å²) in [6, 6.07) is 9.59. The standard InChI is InChI=1S/C20H24N6O2/c27-11-16(9-14-5-2-1-3-6-14)25-20(28)15-7-4-8-26(10-15)19-17-18(22-12-21-17)23-13-24-19/h1-3,5-6,12-13,15-16,27H,4,7-11H2,(H,25,28)(H,21,22,23,24)/t15?,16-/m1/s1. The smallest absolute Gasteiger partial charge is 0.225 e. The molecule has 3 N–H and O–H groups in total. The SMILES string of the molecule is O=C(N[C@@H](CO)Cc1ccccc1)C1CCCN(c2ncnc3nc[nH]c23)C1. The molecule has 2 atom stereocenters. The second kappa shape index (κ2) is 8.35. The van der Waals surface area contributed by atoms with Gasteiger partial charge < -0.3 is 20.3 Å². The molecule has 0 aliphatic carbocycles. The van der Waals surface area contributed by atoms with Crippen LogP contribution in [0.4, 0.5) is 5.82 Å². The quantitative estimate of drug-likeness (QED) is 0.595. The predicted octanol–water partition coefficient (Wildman–Crippen LogP) is 1.29. The van der Waals surface area contributed by atoms with E-state index in [4.69, 9.17) is 0 Å². The molecule has 8 heteroatoms. The number of amides is 1. The molecule has 1 amide bonds. The zero-order chi connectivity index (χ0) is 19.3. The van der Waals surface area contributed by atoms with E-state index in [1.165, 1.54) is 6.33 Å². The predicted molar refractivity (Wildman–Crippen MR) is 106 cm³/mol. The first-order valence-corrected chi connectivity index (χ1v) is 9.59. The molecule has 146 valence electrons. The molecule has 1 aliphatic heterocycles. The summed E-state index contributed by atoms with van der Waals surface area (Å²) >= 11 is 0. The van der Waals surface area contributed by atoms with Gasteiger partial charge in [-0.05, 0) is 24.8 Å². The third-order valence-corrected chi connectivity index (χ3v) is 5.19. The molecule has 0 spiro atoms. The van der Waals surface area contributed by atoms with Crippen molar-refractivity contribution in [1.82, 2.24) is 25.3 Å². The van der Waals surface area contributed by atoms with Crippen LogP contribution < -0.4 is 10.2 Å². The molecule has 1 aliphatic rings. The zero-order valence-corrected chi connectivity index (χ0v) is 15.6. The second-order valence-corrected chi connectivity index (χ2v) is 7.16. The Morgan fingerprint density at radius 2 is 2.14 bits per heavy atom. The van der Waals surface area contributed by atoms with E-state index in [0.717, 1.165) is 36.3 Å². The summed E-state index contributed by atoms with van der Waals surface area (Å²) in [4.78, 5) is 30.8. The van der Waals surface area contributed by atoms with Crippen molar-refractivity contribution in [3.05, 3.63) is 48.5 Å². The van der Waals surface area contributed by atoms with Crippen molar-refractivity contribution in [2.75, 3.05) is 24.6 Å². The number of benzene rings is 1. The van der Waals surface area contributed by atoms with Crippen LogP contribution in [0.25, 0.3) is 11.2 Å². The van der Waals surface area contributed by atoms with Crippen molar-refractivity contribution in [1.29, 1.82) is 0 Å². The maximum Gasteiger partial charge on any atom is 0.225 e. The number of imidazole rings is 1. The van der Waals surface area contributed by atoms with Gasteiger partial charge in [-0.2, -0.15) is 0 Å². The van der Waals surface area contributed by atoms with Crippen LogP contribution in [0.2, 0.25) is 0 Å². The molecule has 1 fully saturated rings. The number of carbonyl (C=O) groups excluding carboxylic acids is 1. The van der Waals surface area contributed by atoms with E-state index in [0.29, 0.717) is 18.6 Å². The van der Waals surface area contributed by atoms with E-state index in [1.807, 2.05) is 30.3 Å². The summed E-state index contributed by atoms with van der Waals surface area (Å²) in [5.41, 5.74) is 2.51. The molecule has 2 aromatic heterocycles. The molecule has 1 aromatic carbocycles. The number of nitrogens with zero attached hydrogens (tertiary/aromatic N) is 4. The number of aliphatic hydroxyl groups is 1. The summed E-state index contributed by atoms with van der Waals surface area (Å²) in [6.45, 7) is 1.33. The highest BCUT2D eigenvalue weighted by molar-refractivity contribution is 5.84. The maximum absolute atomic E-state index is 12.8. The Morgan fingerprint density at radius 1 is 1.29 bits per heavy atom. The molecular formula is C20H24N6O2. The number of anilines is 1. The minimum absolute atomic E-state index is 0.0189. The minimum Gasteiger partial charge on any atom is -0.394 e. The van der Waals surface area contributed by atoms with Gasteiger partial charge in [0, 0.05) is 13.1 Å². The monoisotopic (exact) mass is 380 g/mol. The van der Waals surface area contributed by atoms with Gasteiger partial charge in [-0.15, -0.1) is 0 Å². The van der Waals surface area contributed by atoms with Crippen LogP contribution >= 0.6 is 0 Å². The maximum atomic E-state index is 12.8. The summed E-state index contributed by atoms with van der Waals surface area (Å²) in [7, 11) is 0. The molecule has 1 saturated heterocycles. The van der Waals surface area contributed by atoms with Crippen LogP contribution in [-0.4, -0.2) is 56.7 Å². The third kappa shape index (κ3) is 3.96. The first-order chi connectivity index (χ1) is 13.7. The number of fused-ring (bicyclic) bond motifs is 1. The van der Waals surface area contributed by atoms with Gasteiger partial charge >= 0.3 is 0 Å². The van der Waals surface area contributed by atoms with Gasteiger partial charge in [-0.1, -0.05) is 30.3 Å². The lowest BCUT2D eigenvalue weighted by Gasteiger charge is -2.33. The van der Waals surface area contributed by atoms with E-state index in [2.05, 4.69) is 30.2 Å². The van der Waals surface area contributed by atoms with E-state index in [9.17, 15) is 9.90 Å². The molecule has 1 unspecified atom stereocenters. The number of aromatic amines is 1. The molecule has 28 heavy (non-hydrogen) atoms. The highest BCUT2D eigenvalue weighted by Gasteiger charge is 2.29. The van der Waals surface area contributed by atoms with E-state index >= 15 is 0 Å². The van der Waals surface area contributed by atoms with E-state index < -0.39 is 0 Å². The molecule has 3 heterocycles. The van der Waals surface area contributed by atoms with Gasteiger partial charge in [-0.25, -0.2) is 15.0 Å². The highest BCUT2D eigenvalue weighted by Crippen LogP contribution is 2.25. The fourth-order valence-electron chi connectivity index (χ4n) is 3.75. The van der Waals surface area contributed by atoms with Gasteiger partial charge in [0.2, 0.25) is 5.91 Å². The van der Waals surface area contributed by atoms with Gasteiger partial charge in [-0.3, -0.25) is 4.79 Å². The lowest BCUT2D eigenvalue weighted by Crippen LogP contribution is -2.47. The van der Waals surface area contributed by atoms with Crippen molar-refractivity contribution < 1.29 is 9.90 Å². The third-order valence-electron chi connectivity index (χ3n) is 5.19. The Balaban J connectivity index is 1.42. The van der Waals surface area contributed by atoms with Crippen LogP contribution in [-0.2, 0) is 11.2 Å². The van der Waals surface area contributed by atoms with Crippen LogP contribution in [0.15, 0.2) is 43.0 Å². The lowest BCUT2D eigenvalue weighted by molar-refractivity contribution is -0.126. The van der Waals surface area contributed by atoms with Gasteiger partial charge in [0.15, 0.2) is 11.5 Å². The number of hydrogen-bond acceptors (Lipinski definition) is 6. The molecule has 4 rings (SSSR count). The summed E-state index contributed by atoms with van der Waals surface area (Å²) < 4.78 is 0. The number of carbonyl (C=O) groups is 1. The summed E-state index contributed by atoms with van der Waals surface area (Å²) in [6.07, 6.45) is 5.44. The Kier molecular flexibility index (Phi) is 5.48. The number of hydrogen-bond donors (Lipinski definition) is 3. The molecule has 8 nitrogen and oxygen atoms in total. The summed E-state index contributed by atoms with van der Waals surface area (Å²) in [5, 5.41) is 12.7. The highest BCUT2D eigenvalue weighted by atomic mass is 16.3. The number of piperidine rings is 1. The van der Waals surface area contributed by atoms with Gasteiger partial charge in [0.05, 0.1) is 24.9 Å². The zero-order valence-electron chi connectivity index (χ0n) is 15.6. The Morgan fingerprint density at radius 3 is 2.96 bits per heavy atom. The molecule has 3 aromatic rings. The van der Waals surface area contributed by atoms with Gasteiger partial charge in [0.25, 0.3) is 0 Å². The molecular weight excluding hydrogens is 356 g/mol. The number of H-pyrrole nitrogens is 1. The average Bonchev–Trinajstić information content (AvgIpc) is 3.23.